The third kappa shape index (κ3) is 3.04. The van der Waals surface area contributed by atoms with Crippen molar-refractivity contribution in [3.8, 4) is 0 Å². The zero-order valence-corrected chi connectivity index (χ0v) is 9.49. The van der Waals surface area contributed by atoms with Gasteiger partial charge in [-0.05, 0) is 6.92 Å². The van der Waals surface area contributed by atoms with Crippen LogP contribution in [0.5, 0.6) is 0 Å². The van der Waals surface area contributed by atoms with E-state index in [-0.39, 0.29) is 0 Å². The Morgan fingerprint density at radius 2 is 1.64 bits per heavy atom. The number of hydrogen-bond donors (Lipinski definition) is 1. The van der Waals surface area contributed by atoms with Crippen molar-refractivity contribution in [1.29, 1.82) is 0 Å². The molecule has 1 aromatic carbocycles. The van der Waals surface area contributed by atoms with Crippen LogP contribution >= 0.6 is 0 Å². The maximum absolute atomic E-state index is 4.60. The SMILES string of the molecule is CC(C)[C@H](C)[NH+](C)[N-]c1ccccc1. The van der Waals surface area contributed by atoms with E-state index in [9.17, 15) is 0 Å². The van der Waals surface area contributed by atoms with Gasteiger partial charge in [0, 0.05) is 5.92 Å². The molecule has 1 N–H and O–H groups in total. The highest BCUT2D eigenvalue weighted by atomic mass is 15.5. The number of benzene rings is 1. The van der Waals surface area contributed by atoms with Gasteiger partial charge in [-0.3, -0.25) is 0 Å². The molecule has 0 aliphatic rings. The van der Waals surface area contributed by atoms with E-state index in [1.54, 1.807) is 0 Å². The van der Waals surface area contributed by atoms with Gasteiger partial charge < -0.3 is 10.4 Å². The second-order valence-electron chi connectivity index (χ2n) is 4.12. The predicted molar refractivity (Wildman–Crippen MR) is 60.6 cm³/mol. The van der Waals surface area contributed by atoms with Crippen molar-refractivity contribution < 1.29 is 5.01 Å². The van der Waals surface area contributed by atoms with Crippen LogP contribution in [0, 0.1) is 5.92 Å². The first-order chi connectivity index (χ1) is 6.61. The van der Waals surface area contributed by atoms with Gasteiger partial charge in [0.1, 0.15) is 0 Å². The summed E-state index contributed by atoms with van der Waals surface area (Å²) in [6, 6.07) is 10.7. The number of nitrogens with one attached hydrogen (secondary N) is 1. The zero-order valence-electron chi connectivity index (χ0n) is 9.49. The van der Waals surface area contributed by atoms with Crippen LogP contribution in [-0.4, -0.2) is 13.1 Å². The molecule has 1 rings (SSSR count). The second-order valence-corrected chi connectivity index (χ2v) is 4.12. The van der Waals surface area contributed by atoms with Crippen LogP contribution in [0.2, 0.25) is 0 Å². The lowest BCUT2D eigenvalue weighted by Gasteiger charge is -2.35. The van der Waals surface area contributed by atoms with Gasteiger partial charge >= 0.3 is 0 Å². The Balaban J connectivity index is 2.53. The maximum Gasteiger partial charge on any atom is 0.0820 e. The summed E-state index contributed by atoms with van der Waals surface area (Å²) in [5, 5.41) is 1.21. The molecule has 2 atom stereocenters. The number of rotatable bonds is 4. The van der Waals surface area contributed by atoms with Gasteiger partial charge in [-0.2, -0.15) is 0 Å². The summed E-state index contributed by atoms with van der Waals surface area (Å²) in [5.74, 6) is 0.655. The summed E-state index contributed by atoms with van der Waals surface area (Å²) >= 11 is 0. The van der Waals surface area contributed by atoms with E-state index in [2.05, 4.69) is 33.2 Å². The number of para-hydroxylation sites is 1. The van der Waals surface area contributed by atoms with Gasteiger partial charge in [-0.1, -0.05) is 49.9 Å². The molecule has 0 amide bonds. The number of hydrogen-bond acceptors (Lipinski definition) is 0. The zero-order chi connectivity index (χ0) is 10.6. The first-order valence-corrected chi connectivity index (χ1v) is 5.21. The molecule has 0 aliphatic carbocycles. The largest absolute Gasteiger partial charge is 0.488 e. The Kier molecular flexibility index (Phi) is 3.96. The highest BCUT2D eigenvalue weighted by molar-refractivity contribution is 5.43. The minimum atomic E-state index is 0.551. The Hall–Kier alpha value is -1.02. The molecule has 0 spiro atoms. The van der Waals surface area contributed by atoms with E-state index >= 15 is 0 Å². The summed E-state index contributed by atoms with van der Waals surface area (Å²) in [6.45, 7) is 6.69. The highest BCUT2D eigenvalue weighted by Crippen LogP contribution is 2.11. The third-order valence-electron chi connectivity index (χ3n) is 2.72. The molecule has 2 nitrogen and oxygen atoms in total. The van der Waals surface area contributed by atoms with Crippen molar-refractivity contribution in [1.82, 2.24) is 0 Å². The topological polar surface area (TPSA) is 18.5 Å². The van der Waals surface area contributed by atoms with Crippen LogP contribution in [0.25, 0.3) is 5.43 Å². The number of nitrogens with zero attached hydrogens (tertiary/aromatic N) is 1. The Morgan fingerprint density at radius 3 is 2.14 bits per heavy atom. The van der Waals surface area contributed by atoms with E-state index in [1.165, 1.54) is 5.01 Å². The Morgan fingerprint density at radius 1 is 1.07 bits per heavy atom. The van der Waals surface area contributed by atoms with Gasteiger partial charge in [-0.15, -0.1) is 0 Å². The molecule has 0 heterocycles. The Labute approximate surface area is 86.9 Å². The fraction of sp³-hybridized carbons (Fsp3) is 0.500. The average molecular weight is 192 g/mol. The smallest absolute Gasteiger partial charge is 0.0820 e. The van der Waals surface area contributed by atoms with Crippen LogP contribution in [-0.2, 0) is 0 Å². The first-order valence-electron chi connectivity index (χ1n) is 5.21. The van der Waals surface area contributed by atoms with Gasteiger partial charge in [0.15, 0.2) is 0 Å². The van der Waals surface area contributed by atoms with Crippen molar-refractivity contribution >= 4 is 5.69 Å². The molecule has 78 valence electrons. The molecule has 1 unspecified atom stereocenters. The van der Waals surface area contributed by atoms with Crippen molar-refractivity contribution in [2.45, 2.75) is 26.8 Å². The van der Waals surface area contributed by atoms with E-state index in [4.69, 9.17) is 0 Å². The molecule has 2 heteroatoms. The van der Waals surface area contributed by atoms with Gasteiger partial charge in [0.2, 0.25) is 0 Å². The van der Waals surface area contributed by atoms with Crippen molar-refractivity contribution in [3.63, 3.8) is 0 Å². The lowest BCUT2D eigenvalue weighted by molar-refractivity contribution is -0.866. The molecular weight excluding hydrogens is 172 g/mol. The van der Waals surface area contributed by atoms with Crippen LogP contribution in [0.4, 0.5) is 5.69 Å². The van der Waals surface area contributed by atoms with Crippen molar-refractivity contribution in [2.75, 3.05) is 7.05 Å². The molecule has 0 aromatic heterocycles. The van der Waals surface area contributed by atoms with Crippen LogP contribution in [0.15, 0.2) is 30.3 Å². The fourth-order valence-corrected chi connectivity index (χ4v) is 1.29. The lowest BCUT2D eigenvalue weighted by Crippen LogP contribution is -3.09. The minimum Gasteiger partial charge on any atom is -0.488 e. The van der Waals surface area contributed by atoms with Crippen LogP contribution < -0.4 is 5.01 Å². The minimum absolute atomic E-state index is 0.551. The Bertz CT molecular complexity index is 256. The molecule has 0 fully saturated rings. The third-order valence-corrected chi connectivity index (χ3v) is 2.72. The van der Waals surface area contributed by atoms with Crippen molar-refractivity contribution in [2.24, 2.45) is 5.92 Å². The maximum atomic E-state index is 4.60. The monoisotopic (exact) mass is 192 g/mol. The van der Waals surface area contributed by atoms with E-state index in [0.29, 0.717) is 12.0 Å². The van der Waals surface area contributed by atoms with Crippen molar-refractivity contribution in [3.05, 3.63) is 35.8 Å². The molecule has 0 aliphatic heterocycles. The summed E-state index contributed by atoms with van der Waals surface area (Å²) in [4.78, 5) is 0. The van der Waals surface area contributed by atoms with E-state index in [1.807, 2.05) is 30.3 Å². The van der Waals surface area contributed by atoms with E-state index < -0.39 is 0 Å². The molecular formula is C12H20N2. The summed E-state index contributed by atoms with van der Waals surface area (Å²) < 4.78 is 0. The molecule has 14 heavy (non-hydrogen) atoms. The number of quaternary nitrogens is 1. The molecule has 0 saturated carbocycles. The van der Waals surface area contributed by atoms with Gasteiger partial charge in [-0.25, -0.2) is 0 Å². The summed E-state index contributed by atoms with van der Waals surface area (Å²) in [5.41, 5.74) is 5.65. The fourth-order valence-electron chi connectivity index (χ4n) is 1.29. The van der Waals surface area contributed by atoms with Crippen LogP contribution in [0.3, 0.4) is 0 Å². The summed E-state index contributed by atoms with van der Waals surface area (Å²) in [7, 11) is 2.11. The molecule has 0 radical (unpaired) electrons. The summed E-state index contributed by atoms with van der Waals surface area (Å²) in [6.07, 6.45) is 0. The van der Waals surface area contributed by atoms with E-state index in [0.717, 1.165) is 5.69 Å². The molecule has 0 saturated heterocycles. The normalized spacial score (nSPS) is 15.2. The van der Waals surface area contributed by atoms with Gasteiger partial charge in [0.05, 0.1) is 13.1 Å². The molecule has 0 bridgehead atoms. The predicted octanol–water partition coefficient (Wildman–Crippen LogP) is 2.17. The second kappa shape index (κ2) is 5.01. The first kappa shape index (κ1) is 11.1. The molecule has 1 aromatic rings. The van der Waals surface area contributed by atoms with Crippen LogP contribution in [0.1, 0.15) is 20.8 Å². The standard InChI is InChI=1S/C12H20N2/c1-10(2)11(3)14(4)13-12-8-6-5-7-9-12/h5-11,14H,1-4H3/t11-/m0/s1. The van der Waals surface area contributed by atoms with Gasteiger partial charge in [0.25, 0.3) is 0 Å². The lowest BCUT2D eigenvalue weighted by atomic mass is 10.1. The quantitative estimate of drug-likeness (QED) is 0.705. The highest BCUT2D eigenvalue weighted by Gasteiger charge is 2.10. The average Bonchev–Trinajstić information content (AvgIpc) is 2.18.